The number of ether oxygens (including phenoxy) is 2. The zero-order valence-corrected chi connectivity index (χ0v) is 28.7. The quantitative estimate of drug-likeness (QED) is 0.156. The molecule has 2 saturated heterocycles. The fourth-order valence-electron chi connectivity index (χ4n) is 5.38. The molecule has 0 saturated carbocycles. The van der Waals surface area contributed by atoms with E-state index in [4.69, 9.17) is 19.5 Å². The minimum atomic E-state index is -4.56. The summed E-state index contributed by atoms with van der Waals surface area (Å²) in [6.45, 7) is 8.92. The average Bonchev–Trinajstić information content (AvgIpc) is 3.10. The lowest BCUT2D eigenvalue weighted by Gasteiger charge is -2.26. The summed E-state index contributed by atoms with van der Waals surface area (Å²) in [4.78, 5) is 4.70. The van der Waals surface area contributed by atoms with Crippen molar-refractivity contribution in [2.75, 3.05) is 52.6 Å². The van der Waals surface area contributed by atoms with Crippen LogP contribution in [-0.2, 0) is 34.9 Å². The molecule has 0 unspecified atom stereocenters. The third-order valence-electron chi connectivity index (χ3n) is 7.97. The van der Waals surface area contributed by atoms with Gasteiger partial charge in [0.15, 0.2) is 0 Å². The summed E-state index contributed by atoms with van der Waals surface area (Å²) in [7, 11) is -2.10. The maximum Gasteiger partial charge on any atom is 0.489 e. The third-order valence-corrected chi connectivity index (χ3v) is 8.50. The van der Waals surface area contributed by atoms with E-state index in [9.17, 15) is 26.3 Å². The Hall–Kier alpha value is -3.24. The topological polar surface area (TPSA) is 65.4 Å². The Balaban J connectivity index is 0.000000217. The monoisotopic (exact) mass is 782 g/mol. The molecule has 4 aromatic rings. The Morgan fingerprint density at radius 2 is 1.00 bits per heavy atom. The molecule has 0 aliphatic carbocycles. The minimum Gasteiger partial charge on any atom is -0.423 e. The van der Waals surface area contributed by atoms with Gasteiger partial charge >= 0.3 is 19.5 Å². The Morgan fingerprint density at radius 3 is 1.43 bits per heavy atom. The molecule has 0 radical (unpaired) electrons. The van der Waals surface area contributed by atoms with Gasteiger partial charge in [0.05, 0.1) is 37.6 Å². The van der Waals surface area contributed by atoms with Crippen molar-refractivity contribution in [1.82, 2.24) is 9.80 Å². The predicted molar refractivity (Wildman–Crippen MR) is 191 cm³/mol. The van der Waals surface area contributed by atoms with Crippen LogP contribution in [0.4, 0.5) is 26.3 Å². The van der Waals surface area contributed by atoms with Crippen molar-refractivity contribution in [1.29, 1.82) is 0 Å². The van der Waals surface area contributed by atoms with Crippen LogP contribution in [0.3, 0.4) is 0 Å². The van der Waals surface area contributed by atoms with E-state index in [1.54, 1.807) is 18.2 Å². The van der Waals surface area contributed by atoms with Crippen LogP contribution >= 0.6 is 15.9 Å². The van der Waals surface area contributed by atoms with Crippen molar-refractivity contribution >= 4 is 28.5 Å². The molecule has 0 spiro atoms. The van der Waals surface area contributed by atoms with Crippen molar-refractivity contribution in [3.63, 3.8) is 0 Å². The first kappa shape index (κ1) is 42.2. The molecule has 0 amide bonds. The highest BCUT2D eigenvalue weighted by atomic mass is 79.9. The van der Waals surface area contributed by atoms with Crippen molar-refractivity contribution in [3.05, 3.63) is 124 Å². The molecule has 14 heteroatoms. The van der Waals surface area contributed by atoms with Crippen LogP contribution in [0.25, 0.3) is 11.1 Å². The summed E-state index contributed by atoms with van der Waals surface area (Å²) >= 11 is 3.44. The Morgan fingerprint density at radius 1 is 0.588 bits per heavy atom. The van der Waals surface area contributed by atoms with Crippen LogP contribution in [0.2, 0.25) is 0 Å². The molecule has 2 N–H and O–H groups in total. The van der Waals surface area contributed by atoms with Crippen LogP contribution in [0.1, 0.15) is 29.7 Å². The molecular formula is C37H42BBrF6N2O4. The van der Waals surface area contributed by atoms with Crippen LogP contribution in [0, 0.1) is 0 Å². The van der Waals surface area contributed by atoms with Crippen LogP contribution in [-0.4, -0.2) is 79.6 Å². The number of morpholine rings is 2. The van der Waals surface area contributed by atoms with E-state index in [2.05, 4.69) is 50.0 Å². The van der Waals surface area contributed by atoms with Gasteiger partial charge in [-0.1, -0.05) is 102 Å². The number of rotatable bonds is 6. The van der Waals surface area contributed by atoms with Crippen LogP contribution in [0.5, 0.6) is 0 Å². The van der Waals surface area contributed by atoms with E-state index in [0.717, 1.165) is 93.9 Å². The van der Waals surface area contributed by atoms with Crippen molar-refractivity contribution in [3.8, 4) is 11.1 Å². The fourth-order valence-corrected chi connectivity index (χ4v) is 5.64. The van der Waals surface area contributed by atoms with Gasteiger partial charge in [-0.25, -0.2) is 0 Å². The molecule has 0 atom stereocenters. The highest BCUT2D eigenvalue weighted by Gasteiger charge is 2.35. The standard InChI is InChI=1S/C18H18F3NO.C11H14BrNO.C7H6BF3O2.CH4/c19-18(20,21)17-4-2-1-3-16(17)15-7-5-14(6-8-15)13-22-9-11-23-12-10-22;12-11-3-1-10(2-4-11)9-13-5-7-14-8-6-13;9-7(10,11)5-3-1-2-4-6(5)8(12)13;/h1-8H,9-13H2;1-4H,5-9H2;1-4,12-13H;1H4. The van der Waals surface area contributed by atoms with Gasteiger partial charge in [-0.15, -0.1) is 0 Å². The maximum absolute atomic E-state index is 13.1. The molecule has 0 bridgehead atoms. The molecule has 0 aromatic heterocycles. The fraction of sp³-hybridized carbons (Fsp3) is 0.351. The second-order valence-electron chi connectivity index (χ2n) is 11.6. The summed E-state index contributed by atoms with van der Waals surface area (Å²) in [5.41, 5.74) is 1.12. The Kier molecular flexibility index (Phi) is 16.6. The summed E-state index contributed by atoms with van der Waals surface area (Å²) < 4.78 is 87.6. The van der Waals surface area contributed by atoms with Gasteiger partial charge < -0.3 is 19.5 Å². The van der Waals surface area contributed by atoms with E-state index < -0.39 is 36.1 Å². The van der Waals surface area contributed by atoms with Crippen molar-refractivity contribution < 1.29 is 45.9 Å². The number of alkyl halides is 6. The van der Waals surface area contributed by atoms with Crippen molar-refractivity contribution in [2.24, 2.45) is 0 Å². The van der Waals surface area contributed by atoms with E-state index in [0.29, 0.717) is 5.56 Å². The Labute approximate surface area is 303 Å². The zero-order valence-electron chi connectivity index (χ0n) is 27.1. The molecule has 2 aliphatic rings. The normalized spacial score (nSPS) is 15.4. The van der Waals surface area contributed by atoms with E-state index >= 15 is 0 Å². The molecule has 6 nitrogen and oxygen atoms in total. The van der Waals surface area contributed by atoms with Crippen LogP contribution in [0.15, 0.2) is 102 Å². The summed E-state index contributed by atoms with van der Waals surface area (Å²) in [6, 6.07) is 25.9. The van der Waals surface area contributed by atoms with Gasteiger partial charge in [0.2, 0.25) is 0 Å². The average molecular weight is 783 g/mol. The number of nitrogens with zero attached hydrogens (tertiary/aromatic N) is 2. The smallest absolute Gasteiger partial charge is 0.423 e. The van der Waals surface area contributed by atoms with Gasteiger partial charge in [-0.3, -0.25) is 9.80 Å². The number of hydrogen-bond acceptors (Lipinski definition) is 6. The molecule has 6 rings (SSSR count). The first-order valence-corrected chi connectivity index (χ1v) is 16.7. The van der Waals surface area contributed by atoms with Gasteiger partial charge in [-0.2, -0.15) is 26.3 Å². The molecule has 4 aromatic carbocycles. The summed E-state index contributed by atoms with van der Waals surface area (Å²) in [6.07, 6.45) is -8.90. The lowest BCUT2D eigenvalue weighted by molar-refractivity contribution is -0.137. The van der Waals surface area contributed by atoms with E-state index in [-0.39, 0.29) is 13.0 Å². The van der Waals surface area contributed by atoms with Crippen LogP contribution < -0.4 is 5.46 Å². The molecule has 51 heavy (non-hydrogen) atoms. The van der Waals surface area contributed by atoms with E-state index in [1.807, 2.05) is 12.1 Å². The molecule has 2 fully saturated rings. The number of hydrogen-bond donors (Lipinski definition) is 2. The first-order chi connectivity index (χ1) is 23.8. The second-order valence-corrected chi connectivity index (χ2v) is 12.5. The third kappa shape index (κ3) is 13.7. The van der Waals surface area contributed by atoms with Gasteiger partial charge in [0.25, 0.3) is 0 Å². The number of halogens is 7. The second kappa shape index (κ2) is 20.1. The Bertz CT molecular complexity index is 1600. The summed E-state index contributed by atoms with van der Waals surface area (Å²) in [5.74, 6) is 0. The zero-order chi connectivity index (χ0) is 36.1. The number of benzene rings is 4. The minimum absolute atomic E-state index is 0. The summed E-state index contributed by atoms with van der Waals surface area (Å²) in [5, 5.41) is 17.2. The highest BCUT2D eigenvalue weighted by molar-refractivity contribution is 9.10. The van der Waals surface area contributed by atoms with Gasteiger partial charge in [0, 0.05) is 43.7 Å². The van der Waals surface area contributed by atoms with Crippen molar-refractivity contribution in [2.45, 2.75) is 32.9 Å². The molecule has 2 aliphatic heterocycles. The lowest BCUT2D eigenvalue weighted by Crippen LogP contribution is -2.35. The lowest BCUT2D eigenvalue weighted by atomic mass is 9.77. The van der Waals surface area contributed by atoms with E-state index in [1.165, 1.54) is 29.8 Å². The van der Waals surface area contributed by atoms with Gasteiger partial charge in [0.1, 0.15) is 0 Å². The molecule has 276 valence electrons. The first-order valence-electron chi connectivity index (χ1n) is 15.9. The maximum atomic E-state index is 13.1. The SMILES string of the molecule is Brc1ccc(CN2CCOCC2)cc1.C.FC(F)(F)c1ccccc1-c1ccc(CN2CCOCC2)cc1.OB(O)c1ccccc1C(F)(F)F. The molecular weight excluding hydrogens is 741 g/mol. The van der Waals surface area contributed by atoms with Gasteiger partial charge in [-0.05, 0) is 45.9 Å². The predicted octanol–water partition coefficient (Wildman–Crippen LogP) is 7.51. The largest absolute Gasteiger partial charge is 0.489 e. The molecule has 2 heterocycles. The highest BCUT2D eigenvalue weighted by Crippen LogP contribution is 2.37.